The smallest absolute Gasteiger partial charge is 0.316 e. The first-order valence-electron chi connectivity index (χ1n) is 4.06. The van der Waals surface area contributed by atoms with Gasteiger partial charge in [-0.2, -0.15) is 0 Å². The van der Waals surface area contributed by atoms with E-state index in [9.17, 15) is 9.59 Å². The topological polar surface area (TPSA) is 74.6 Å². The first-order chi connectivity index (χ1) is 6.75. The highest BCUT2D eigenvalue weighted by Crippen LogP contribution is 2.22. The lowest BCUT2D eigenvalue weighted by Gasteiger charge is -2.05. The number of hydrogen-bond donors (Lipinski definition) is 2. The molecule has 14 heavy (non-hydrogen) atoms. The van der Waals surface area contributed by atoms with Crippen LogP contribution in [0.1, 0.15) is 14.7 Å². The predicted molar refractivity (Wildman–Crippen MR) is 62.0 cm³/mol. The molecule has 0 aromatic heterocycles. The van der Waals surface area contributed by atoms with Gasteiger partial charge in [-0.15, -0.1) is 11.8 Å². The van der Waals surface area contributed by atoms with Gasteiger partial charge in [-0.05, 0) is 6.92 Å². The van der Waals surface area contributed by atoms with Crippen LogP contribution in [0.3, 0.4) is 0 Å². The molecule has 0 amide bonds. The Bertz CT molecular complexity index is 279. The Morgan fingerprint density at radius 2 is 2.14 bits per heavy atom. The third-order valence-electron chi connectivity index (χ3n) is 1.07. The number of thiocarbonyl (C=S) groups is 1. The highest BCUT2D eigenvalue weighted by Gasteiger charge is 2.14. The van der Waals surface area contributed by atoms with Crippen molar-refractivity contribution in [1.82, 2.24) is 0 Å². The van der Waals surface area contributed by atoms with Crippen LogP contribution in [0.25, 0.3) is 0 Å². The van der Waals surface area contributed by atoms with Gasteiger partial charge in [0.1, 0.15) is 8.75 Å². The largest absolute Gasteiger partial charge is 0.481 e. The summed E-state index contributed by atoms with van der Waals surface area (Å²) in [6, 6.07) is 0. The van der Waals surface area contributed by atoms with E-state index in [1.54, 1.807) is 0 Å². The van der Waals surface area contributed by atoms with Crippen LogP contribution in [0.4, 0.5) is 0 Å². The maximum absolute atomic E-state index is 10.6. The molecule has 0 rings (SSSR count). The van der Waals surface area contributed by atoms with Crippen LogP contribution in [0.5, 0.6) is 0 Å². The van der Waals surface area contributed by atoms with E-state index >= 15 is 0 Å². The third-order valence-corrected chi connectivity index (χ3v) is 3.57. The standard InChI is InChI=1S/C7H10O4S3/c1-4(6(10)11)14-7(12)13-3-2-5(8)9/h4H,2-3H2,1H3,(H,8,9)(H,10,11)/i4D. The molecule has 0 fully saturated rings. The van der Waals surface area contributed by atoms with Crippen molar-refractivity contribution in [3.05, 3.63) is 0 Å². The van der Waals surface area contributed by atoms with Crippen LogP contribution in [-0.4, -0.2) is 36.7 Å². The molecule has 1 atom stereocenters. The molecule has 1 unspecified atom stereocenters. The van der Waals surface area contributed by atoms with Crippen LogP contribution < -0.4 is 0 Å². The zero-order chi connectivity index (χ0) is 12.1. The van der Waals surface area contributed by atoms with Crippen LogP contribution in [-0.2, 0) is 9.59 Å². The number of thioether (sulfide) groups is 2. The van der Waals surface area contributed by atoms with Crippen molar-refractivity contribution in [2.75, 3.05) is 5.75 Å². The number of carboxylic acid groups (broad SMARTS) is 2. The SMILES string of the molecule is [2H]C(C)(SC(=S)SCCC(=O)O)C(=O)O. The second-order valence-corrected chi connectivity index (χ2v) is 5.72. The summed E-state index contributed by atoms with van der Waals surface area (Å²) < 4.78 is 7.65. The molecule has 0 saturated carbocycles. The lowest BCUT2D eigenvalue weighted by Crippen LogP contribution is -2.12. The minimum absolute atomic E-state index is 0.0346. The van der Waals surface area contributed by atoms with Crippen molar-refractivity contribution in [1.29, 1.82) is 0 Å². The van der Waals surface area contributed by atoms with E-state index in [0.29, 0.717) is 0 Å². The average Bonchev–Trinajstić information content (AvgIpc) is 2.01. The fourth-order valence-corrected chi connectivity index (χ4v) is 2.69. The Morgan fingerprint density at radius 1 is 1.57 bits per heavy atom. The van der Waals surface area contributed by atoms with Crippen LogP contribution >= 0.6 is 35.7 Å². The molecule has 80 valence electrons. The van der Waals surface area contributed by atoms with E-state index in [1.165, 1.54) is 6.92 Å². The van der Waals surface area contributed by atoms with Gasteiger partial charge in [0, 0.05) is 5.75 Å². The molecular formula is C7H10O4S3. The molecule has 0 aliphatic carbocycles. The summed E-state index contributed by atoms with van der Waals surface area (Å²) in [7, 11) is 0. The fraction of sp³-hybridized carbons (Fsp3) is 0.571. The maximum Gasteiger partial charge on any atom is 0.316 e. The summed E-state index contributed by atoms with van der Waals surface area (Å²) in [5.41, 5.74) is 0. The highest BCUT2D eigenvalue weighted by atomic mass is 32.2. The van der Waals surface area contributed by atoms with Crippen molar-refractivity contribution in [3.63, 3.8) is 0 Å². The Labute approximate surface area is 96.9 Å². The minimum atomic E-state index is -1.71. The molecule has 4 nitrogen and oxygen atoms in total. The van der Waals surface area contributed by atoms with Crippen molar-refractivity contribution in [3.8, 4) is 0 Å². The van der Waals surface area contributed by atoms with E-state index in [4.69, 9.17) is 23.8 Å². The van der Waals surface area contributed by atoms with Crippen molar-refractivity contribution < 1.29 is 21.2 Å². The molecule has 0 saturated heterocycles. The number of hydrogen-bond acceptors (Lipinski definition) is 5. The molecule has 0 bridgehead atoms. The lowest BCUT2D eigenvalue weighted by molar-refractivity contribution is -0.137. The molecule has 2 N–H and O–H groups in total. The Morgan fingerprint density at radius 3 is 2.57 bits per heavy atom. The summed E-state index contributed by atoms with van der Waals surface area (Å²) in [5.74, 6) is -1.91. The average molecular weight is 255 g/mol. The van der Waals surface area contributed by atoms with Crippen molar-refractivity contribution >= 4 is 51.2 Å². The van der Waals surface area contributed by atoms with Gasteiger partial charge in [-0.3, -0.25) is 9.59 Å². The fourth-order valence-electron chi connectivity index (χ4n) is 0.420. The van der Waals surface area contributed by atoms with Crippen LogP contribution in [0, 0.1) is 0 Å². The van der Waals surface area contributed by atoms with Gasteiger partial charge in [0.05, 0.1) is 7.79 Å². The Kier molecular flexibility index (Phi) is 5.97. The summed E-state index contributed by atoms with van der Waals surface area (Å²) in [6.45, 7) is 1.23. The van der Waals surface area contributed by atoms with E-state index in [-0.39, 0.29) is 15.7 Å². The van der Waals surface area contributed by atoms with Gasteiger partial charge in [-0.25, -0.2) is 0 Å². The number of carbonyl (C=O) groups is 2. The van der Waals surface area contributed by atoms with E-state index in [2.05, 4.69) is 0 Å². The van der Waals surface area contributed by atoms with E-state index < -0.39 is 17.2 Å². The maximum atomic E-state index is 10.6. The zero-order valence-electron chi connectivity index (χ0n) is 8.35. The van der Waals surface area contributed by atoms with Gasteiger partial charge in [-0.1, -0.05) is 24.0 Å². The zero-order valence-corrected chi connectivity index (χ0v) is 9.80. The molecular weight excluding hydrogens is 244 g/mol. The van der Waals surface area contributed by atoms with Crippen LogP contribution in [0.2, 0.25) is 0 Å². The minimum Gasteiger partial charge on any atom is -0.481 e. The molecule has 0 aliphatic heterocycles. The summed E-state index contributed by atoms with van der Waals surface area (Å²) in [4.78, 5) is 20.7. The van der Waals surface area contributed by atoms with Gasteiger partial charge < -0.3 is 10.2 Å². The second-order valence-electron chi connectivity index (χ2n) is 2.21. The van der Waals surface area contributed by atoms with E-state index in [0.717, 1.165) is 23.5 Å². The molecule has 7 heteroatoms. The van der Waals surface area contributed by atoms with Gasteiger partial charge in [0.15, 0.2) is 0 Å². The normalized spacial score (nSPS) is 15.4. The second kappa shape index (κ2) is 7.08. The molecule has 0 aromatic carbocycles. The number of rotatable bonds is 5. The summed E-state index contributed by atoms with van der Waals surface area (Å²) in [6.07, 6.45) is -0.0346. The van der Waals surface area contributed by atoms with E-state index in [1.807, 2.05) is 0 Å². The monoisotopic (exact) mass is 255 g/mol. The molecule has 0 spiro atoms. The van der Waals surface area contributed by atoms with Gasteiger partial charge in [0.2, 0.25) is 0 Å². The summed E-state index contributed by atoms with van der Waals surface area (Å²) in [5, 5.41) is 15.3. The summed E-state index contributed by atoms with van der Waals surface area (Å²) >= 11 is 6.63. The third kappa shape index (κ3) is 7.16. The Hall–Kier alpha value is -0.270. The Balaban J connectivity index is 3.94. The molecule has 0 radical (unpaired) electrons. The first-order valence-corrected chi connectivity index (χ1v) is 5.77. The molecule has 0 aromatic rings. The number of carboxylic acids is 2. The highest BCUT2D eigenvalue weighted by molar-refractivity contribution is 8.47. The van der Waals surface area contributed by atoms with Crippen molar-refractivity contribution in [2.45, 2.75) is 18.6 Å². The number of aliphatic carboxylic acids is 2. The van der Waals surface area contributed by atoms with Crippen LogP contribution in [0.15, 0.2) is 0 Å². The lowest BCUT2D eigenvalue weighted by atomic mass is 10.5. The predicted octanol–water partition coefficient (Wildman–Crippen LogP) is 1.69. The molecule has 0 aliphatic rings. The van der Waals surface area contributed by atoms with Gasteiger partial charge >= 0.3 is 11.9 Å². The first kappa shape index (κ1) is 11.8. The van der Waals surface area contributed by atoms with Gasteiger partial charge in [0.25, 0.3) is 0 Å². The van der Waals surface area contributed by atoms with Crippen molar-refractivity contribution in [2.24, 2.45) is 0 Å². The quantitative estimate of drug-likeness (QED) is 0.724. The molecule has 0 heterocycles.